The van der Waals surface area contributed by atoms with Gasteiger partial charge in [0.1, 0.15) is 11.0 Å². The molecule has 2 nitrogen and oxygen atoms in total. The van der Waals surface area contributed by atoms with Crippen LogP contribution in [-0.2, 0) is 16.4 Å². The van der Waals surface area contributed by atoms with Gasteiger partial charge >= 0.3 is 0 Å². The molecule has 0 aliphatic carbocycles. The summed E-state index contributed by atoms with van der Waals surface area (Å²) in [7, 11) is -1.36. The van der Waals surface area contributed by atoms with Crippen LogP contribution in [0.5, 0.6) is 0 Å². The smallest absolute Gasteiger partial charge is 0.122 e. The second-order valence-electron chi connectivity index (χ2n) is 4.07. The highest BCUT2D eigenvalue weighted by molar-refractivity contribution is 7.82. The van der Waals surface area contributed by atoms with E-state index in [1.807, 2.05) is 38.1 Å². The lowest BCUT2D eigenvalue weighted by Crippen LogP contribution is -2.11. The summed E-state index contributed by atoms with van der Waals surface area (Å²) in [5.74, 6) is 0. The van der Waals surface area contributed by atoms with Gasteiger partial charge in [0.05, 0.1) is 4.90 Å². The molecule has 3 heteroatoms. The molecule has 0 heterocycles. The lowest BCUT2D eigenvalue weighted by Gasteiger charge is -2.18. The van der Waals surface area contributed by atoms with E-state index in [1.165, 1.54) is 5.56 Å². The van der Waals surface area contributed by atoms with Crippen molar-refractivity contribution in [1.29, 1.82) is 0 Å². The minimum absolute atomic E-state index is 0.134. The van der Waals surface area contributed by atoms with Gasteiger partial charge in [0.15, 0.2) is 0 Å². The van der Waals surface area contributed by atoms with Crippen molar-refractivity contribution >= 4 is 11.0 Å². The zero-order chi connectivity index (χ0) is 12.1. The van der Waals surface area contributed by atoms with E-state index >= 15 is 0 Å². The third-order valence-electron chi connectivity index (χ3n) is 1.95. The van der Waals surface area contributed by atoms with Gasteiger partial charge in [0.25, 0.3) is 0 Å². The first-order valence-electron chi connectivity index (χ1n) is 5.18. The molecule has 0 saturated carbocycles. The standard InChI is InChI=1S/C10H15NOS.C2H6/c1-10(2,3)8-4-6-9(7-5-8)13(11)12;1-2/h4-7H,11H2,1-3H3;1-2H3. The average molecular weight is 227 g/mol. The van der Waals surface area contributed by atoms with Crippen LogP contribution in [0.2, 0.25) is 0 Å². The normalized spacial score (nSPS) is 12.7. The van der Waals surface area contributed by atoms with Crippen molar-refractivity contribution < 1.29 is 4.21 Å². The van der Waals surface area contributed by atoms with Crippen LogP contribution in [0.1, 0.15) is 40.2 Å². The molecule has 1 atom stereocenters. The molecule has 0 aromatic heterocycles. The molecule has 1 unspecified atom stereocenters. The maximum absolute atomic E-state index is 10.9. The minimum Gasteiger partial charge on any atom is -0.248 e. The van der Waals surface area contributed by atoms with Crippen LogP contribution in [-0.4, -0.2) is 4.21 Å². The first-order valence-corrected chi connectivity index (χ1v) is 6.39. The molecule has 1 aromatic carbocycles. The van der Waals surface area contributed by atoms with Crippen molar-refractivity contribution in [3.8, 4) is 0 Å². The van der Waals surface area contributed by atoms with Crippen LogP contribution >= 0.6 is 0 Å². The first-order chi connectivity index (χ1) is 6.91. The summed E-state index contributed by atoms with van der Waals surface area (Å²) in [5, 5.41) is 5.25. The predicted molar refractivity (Wildman–Crippen MR) is 67.1 cm³/mol. The second kappa shape index (κ2) is 6.03. The SMILES string of the molecule is CC.CC(C)(C)c1ccc(S(N)=O)cc1. The molecule has 0 fully saturated rings. The van der Waals surface area contributed by atoms with Gasteiger partial charge in [-0.15, -0.1) is 0 Å². The molecule has 0 amide bonds. The van der Waals surface area contributed by atoms with Gasteiger partial charge in [0.2, 0.25) is 0 Å². The number of hydrogen-bond acceptors (Lipinski definition) is 1. The van der Waals surface area contributed by atoms with Crippen LogP contribution < -0.4 is 5.14 Å². The number of nitrogens with two attached hydrogens (primary N) is 1. The van der Waals surface area contributed by atoms with Crippen LogP contribution in [0.25, 0.3) is 0 Å². The maximum atomic E-state index is 10.9. The third kappa shape index (κ3) is 4.58. The predicted octanol–water partition coefficient (Wildman–Crippen LogP) is 2.99. The summed E-state index contributed by atoms with van der Waals surface area (Å²) < 4.78 is 10.9. The first kappa shape index (κ1) is 14.3. The molecule has 2 N–H and O–H groups in total. The molecule has 0 aliphatic rings. The van der Waals surface area contributed by atoms with Crippen molar-refractivity contribution in [1.82, 2.24) is 0 Å². The molecular weight excluding hydrogens is 206 g/mol. The van der Waals surface area contributed by atoms with Crippen LogP contribution in [0.4, 0.5) is 0 Å². The lowest BCUT2D eigenvalue weighted by atomic mass is 9.87. The highest BCUT2D eigenvalue weighted by Gasteiger charge is 2.13. The van der Waals surface area contributed by atoms with Crippen LogP contribution in [0, 0.1) is 0 Å². The number of rotatable bonds is 1. The molecule has 1 aromatic rings. The molecule has 86 valence electrons. The Balaban J connectivity index is 0.000000921. The Bertz CT molecular complexity index is 311. The fourth-order valence-corrected chi connectivity index (χ4v) is 1.49. The zero-order valence-electron chi connectivity index (χ0n) is 10.2. The molecule has 0 aliphatic heterocycles. The van der Waals surface area contributed by atoms with Crippen molar-refractivity contribution in [2.24, 2.45) is 5.14 Å². The fourth-order valence-electron chi connectivity index (χ4n) is 1.09. The summed E-state index contributed by atoms with van der Waals surface area (Å²) in [6.07, 6.45) is 0. The Morgan fingerprint density at radius 2 is 1.47 bits per heavy atom. The molecule has 15 heavy (non-hydrogen) atoms. The number of hydrogen-bond donors (Lipinski definition) is 1. The van der Waals surface area contributed by atoms with Gasteiger partial charge in [-0.25, -0.2) is 9.35 Å². The highest BCUT2D eigenvalue weighted by atomic mass is 32.2. The zero-order valence-corrected chi connectivity index (χ0v) is 11.0. The van der Waals surface area contributed by atoms with E-state index in [2.05, 4.69) is 20.8 Å². The summed E-state index contributed by atoms with van der Waals surface area (Å²) in [6.45, 7) is 10.4. The summed E-state index contributed by atoms with van der Waals surface area (Å²) >= 11 is 0. The maximum Gasteiger partial charge on any atom is 0.122 e. The van der Waals surface area contributed by atoms with Gasteiger partial charge in [-0.1, -0.05) is 46.8 Å². The monoisotopic (exact) mass is 227 g/mol. The molecule has 1 rings (SSSR count). The molecule has 0 saturated heterocycles. The van der Waals surface area contributed by atoms with Gasteiger partial charge in [-0.3, -0.25) is 0 Å². The Labute approximate surface area is 95.5 Å². The summed E-state index contributed by atoms with van der Waals surface area (Å²) in [6, 6.07) is 7.58. The Morgan fingerprint density at radius 3 is 1.73 bits per heavy atom. The van der Waals surface area contributed by atoms with E-state index in [0.717, 1.165) is 0 Å². The summed E-state index contributed by atoms with van der Waals surface area (Å²) in [5.41, 5.74) is 1.36. The van der Waals surface area contributed by atoms with Crippen molar-refractivity contribution in [2.75, 3.05) is 0 Å². The highest BCUT2D eigenvalue weighted by Crippen LogP contribution is 2.22. The van der Waals surface area contributed by atoms with Gasteiger partial charge in [0, 0.05) is 0 Å². The molecular formula is C12H21NOS. The van der Waals surface area contributed by atoms with E-state index in [1.54, 1.807) is 0 Å². The molecule has 0 radical (unpaired) electrons. The lowest BCUT2D eigenvalue weighted by molar-refractivity contribution is 0.589. The molecule has 0 bridgehead atoms. The topological polar surface area (TPSA) is 43.1 Å². The van der Waals surface area contributed by atoms with Crippen LogP contribution in [0.3, 0.4) is 0 Å². The van der Waals surface area contributed by atoms with E-state index in [0.29, 0.717) is 4.90 Å². The minimum atomic E-state index is -1.36. The Morgan fingerprint density at radius 1 is 1.07 bits per heavy atom. The Kier molecular flexibility index (Phi) is 5.76. The second-order valence-corrected chi connectivity index (χ2v) is 5.14. The van der Waals surface area contributed by atoms with E-state index in [-0.39, 0.29) is 5.41 Å². The fraction of sp³-hybridized carbons (Fsp3) is 0.500. The van der Waals surface area contributed by atoms with Crippen molar-refractivity contribution in [3.05, 3.63) is 29.8 Å². The van der Waals surface area contributed by atoms with E-state index in [9.17, 15) is 4.21 Å². The average Bonchev–Trinajstić information content (AvgIpc) is 2.20. The van der Waals surface area contributed by atoms with Gasteiger partial charge in [-0.2, -0.15) is 0 Å². The summed E-state index contributed by atoms with van der Waals surface area (Å²) in [4.78, 5) is 0.674. The van der Waals surface area contributed by atoms with Gasteiger partial charge < -0.3 is 0 Å². The van der Waals surface area contributed by atoms with Crippen molar-refractivity contribution in [3.63, 3.8) is 0 Å². The number of benzene rings is 1. The van der Waals surface area contributed by atoms with Crippen molar-refractivity contribution in [2.45, 2.75) is 44.9 Å². The van der Waals surface area contributed by atoms with E-state index in [4.69, 9.17) is 5.14 Å². The van der Waals surface area contributed by atoms with Gasteiger partial charge in [-0.05, 0) is 23.1 Å². The third-order valence-corrected chi connectivity index (χ3v) is 2.69. The Hall–Kier alpha value is -0.670. The largest absolute Gasteiger partial charge is 0.248 e. The van der Waals surface area contributed by atoms with E-state index < -0.39 is 11.0 Å². The molecule has 0 spiro atoms. The van der Waals surface area contributed by atoms with Crippen LogP contribution in [0.15, 0.2) is 29.2 Å². The quantitative estimate of drug-likeness (QED) is 0.787.